The summed E-state index contributed by atoms with van der Waals surface area (Å²) in [5.41, 5.74) is 2.92. The lowest BCUT2D eigenvalue weighted by Crippen LogP contribution is -2.43. The van der Waals surface area contributed by atoms with Crippen molar-refractivity contribution in [2.75, 3.05) is 39.9 Å². The van der Waals surface area contributed by atoms with E-state index in [1.807, 2.05) is 18.2 Å². The molecule has 1 atom stereocenters. The standard InChI is InChI=1S/C20H23NO5/c1-12-11-21(19(12)13-6-7-16(23-2)15(22)8-13)14-9-17(24-3)20(26-5)18(10-14)25-4/h6-10,19,22H,1,11H2,2-5H3. The van der Waals surface area contributed by atoms with Gasteiger partial charge in [0.25, 0.3) is 0 Å². The van der Waals surface area contributed by atoms with Gasteiger partial charge in [0.1, 0.15) is 0 Å². The summed E-state index contributed by atoms with van der Waals surface area (Å²) >= 11 is 0. The first kappa shape index (κ1) is 17.8. The maximum atomic E-state index is 10.1. The van der Waals surface area contributed by atoms with E-state index in [9.17, 15) is 5.11 Å². The Bertz CT molecular complexity index is 808. The van der Waals surface area contributed by atoms with E-state index in [1.165, 1.54) is 7.11 Å². The highest BCUT2D eigenvalue weighted by atomic mass is 16.5. The Morgan fingerprint density at radius 2 is 1.54 bits per heavy atom. The molecule has 0 bridgehead atoms. The molecule has 1 aliphatic rings. The van der Waals surface area contributed by atoms with E-state index in [0.29, 0.717) is 29.5 Å². The monoisotopic (exact) mass is 357 g/mol. The van der Waals surface area contributed by atoms with Crippen molar-refractivity contribution in [3.05, 3.63) is 48.0 Å². The van der Waals surface area contributed by atoms with Crippen LogP contribution in [0.25, 0.3) is 0 Å². The van der Waals surface area contributed by atoms with E-state index < -0.39 is 0 Å². The third-order valence-corrected chi connectivity index (χ3v) is 4.57. The fourth-order valence-corrected chi connectivity index (χ4v) is 3.27. The zero-order valence-electron chi connectivity index (χ0n) is 15.4. The van der Waals surface area contributed by atoms with Crippen LogP contribution in [0.15, 0.2) is 42.5 Å². The summed E-state index contributed by atoms with van der Waals surface area (Å²) in [4.78, 5) is 2.16. The molecule has 1 saturated heterocycles. The van der Waals surface area contributed by atoms with Gasteiger partial charge in [-0.25, -0.2) is 0 Å². The summed E-state index contributed by atoms with van der Waals surface area (Å²) < 4.78 is 21.4. The molecule has 0 saturated carbocycles. The second-order valence-corrected chi connectivity index (χ2v) is 6.00. The Kier molecular flexibility index (Phi) is 4.84. The lowest BCUT2D eigenvalue weighted by Gasteiger charge is -2.45. The van der Waals surface area contributed by atoms with Gasteiger partial charge in [-0.2, -0.15) is 0 Å². The molecule has 138 valence electrons. The van der Waals surface area contributed by atoms with Gasteiger partial charge in [0.15, 0.2) is 23.0 Å². The number of aromatic hydroxyl groups is 1. The molecule has 1 unspecified atom stereocenters. The molecule has 0 radical (unpaired) electrons. The van der Waals surface area contributed by atoms with E-state index >= 15 is 0 Å². The Labute approximate surface area is 153 Å². The predicted molar refractivity (Wildman–Crippen MR) is 100.0 cm³/mol. The molecule has 0 aliphatic carbocycles. The number of hydrogen-bond acceptors (Lipinski definition) is 6. The van der Waals surface area contributed by atoms with E-state index in [1.54, 1.807) is 33.5 Å². The topological polar surface area (TPSA) is 60.4 Å². The maximum absolute atomic E-state index is 10.1. The molecule has 1 heterocycles. The molecule has 26 heavy (non-hydrogen) atoms. The third-order valence-electron chi connectivity index (χ3n) is 4.57. The number of methoxy groups -OCH3 is 4. The van der Waals surface area contributed by atoms with Crippen LogP contribution < -0.4 is 23.8 Å². The van der Waals surface area contributed by atoms with Crippen molar-refractivity contribution in [2.24, 2.45) is 0 Å². The van der Waals surface area contributed by atoms with E-state index in [0.717, 1.165) is 16.8 Å². The summed E-state index contributed by atoms with van der Waals surface area (Å²) in [7, 11) is 6.29. The van der Waals surface area contributed by atoms with E-state index in [2.05, 4.69) is 11.5 Å². The summed E-state index contributed by atoms with van der Waals surface area (Å²) in [5.74, 6) is 2.29. The van der Waals surface area contributed by atoms with Gasteiger partial charge < -0.3 is 29.0 Å². The fraction of sp³-hybridized carbons (Fsp3) is 0.300. The number of phenolic OH excluding ortho intramolecular Hbond substituents is 1. The van der Waals surface area contributed by atoms with Crippen molar-refractivity contribution in [3.63, 3.8) is 0 Å². The maximum Gasteiger partial charge on any atom is 0.203 e. The first-order valence-electron chi connectivity index (χ1n) is 8.15. The summed E-state index contributed by atoms with van der Waals surface area (Å²) in [6, 6.07) is 9.16. The molecule has 1 fully saturated rings. The minimum atomic E-state index is -0.0467. The number of rotatable bonds is 6. The van der Waals surface area contributed by atoms with Crippen molar-refractivity contribution in [1.82, 2.24) is 0 Å². The minimum Gasteiger partial charge on any atom is -0.504 e. The summed E-state index contributed by atoms with van der Waals surface area (Å²) in [6.45, 7) is 4.85. The Balaban J connectivity index is 1.99. The zero-order valence-corrected chi connectivity index (χ0v) is 15.4. The van der Waals surface area contributed by atoms with Gasteiger partial charge in [0, 0.05) is 24.4 Å². The average molecular weight is 357 g/mol. The Morgan fingerprint density at radius 3 is 2.00 bits per heavy atom. The molecule has 2 aromatic rings. The van der Waals surface area contributed by atoms with Crippen LogP contribution in [-0.2, 0) is 0 Å². The second-order valence-electron chi connectivity index (χ2n) is 6.00. The quantitative estimate of drug-likeness (QED) is 0.798. The van der Waals surface area contributed by atoms with Crippen LogP contribution in [0.3, 0.4) is 0 Å². The summed E-state index contributed by atoms with van der Waals surface area (Å²) in [6.07, 6.45) is 0. The Morgan fingerprint density at radius 1 is 0.923 bits per heavy atom. The average Bonchev–Trinajstić information content (AvgIpc) is 2.64. The first-order valence-corrected chi connectivity index (χ1v) is 8.15. The van der Waals surface area contributed by atoms with Crippen molar-refractivity contribution in [1.29, 1.82) is 0 Å². The highest BCUT2D eigenvalue weighted by Crippen LogP contribution is 2.47. The highest BCUT2D eigenvalue weighted by Gasteiger charge is 2.35. The van der Waals surface area contributed by atoms with Crippen LogP contribution in [0, 0.1) is 0 Å². The number of ether oxygens (including phenoxy) is 4. The van der Waals surface area contributed by atoms with Crippen LogP contribution in [0.1, 0.15) is 11.6 Å². The van der Waals surface area contributed by atoms with Gasteiger partial charge in [-0.1, -0.05) is 12.6 Å². The molecular weight excluding hydrogens is 334 g/mol. The van der Waals surface area contributed by atoms with Gasteiger partial charge in [0.2, 0.25) is 5.75 Å². The largest absolute Gasteiger partial charge is 0.504 e. The molecule has 1 N–H and O–H groups in total. The van der Waals surface area contributed by atoms with Crippen molar-refractivity contribution < 1.29 is 24.1 Å². The zero-order chi connectivity index (χ0) is 18.8. The van der Waals surface area contributed by atoms with Crippen LogP contribution in [-0.4, -0.2) is 40.1 Å². The Hall–Kier alpha value is -3.02. The van der Waals surface area contributed by atoms with Gasteiger partial charge in [0.05, 0.1) is 34.5 Å². The molecule has 6 nitrogen and oxygen atoms in total. The first-order chi connectivity index (χ1) is 12.5. The van der Waals surface area contributed by atoms with E-state index in [-0.39, 0.29) is 11.8 Å². The highest BCUT2D eigenvalue weighted by molar-refractivity contribution is 5.68. The lowest BCUT2D eigenvalue weighted by molar-refractivity contribution is 0.324. The lowest BCUT2D eigenvalue weighted by atomic mass is 9.89. The number of hydrogen-bond donors (Lipinski definition) is 1. The molecule has 0 amide bonds. The number of nitrogens with zero attached hydrogens (tertiary/aromatic N) is 1. The molecular formula is C20H23NO5. The summed E-state index contributed by atoms with van der Waals surface area (Å²) in [5, 5.41) is 10.1. The molecule has 6 heteroatoms. The molecule has 3 rings (SSSR count). The van der Waals surface area contributed by atoms with Crippen molar-refractivity contribution in [2.45, 2.75) is 6.04 Å². The number of benzene rings is 2. The molecule has 2 aromatic carbocycles. The van der Waals surface area contributed by atoms with Crippen LogP contribution in [0.5, 0.6) is 28.7 Å². The van der Waals surface area contributed by atoms with Gasteiger partial charge >= 0.3 is 0 Å². The molecule has 0 aromatic heterocycles. The fourth-order valence-electron chi connectivity index (χ4n) is 3.27. The minimum absolute atomic E-state index is 0.0467. The second kappa shape index (κ2) is 7.07. The van der Waals surface area contributed by atoms with Gasteiger partial charge in [-0.05, 0) is 23.3 Å². The van der Waals surface area contributed by atoms with Crippen LogP contribution in [0.4, 0.5) is 5.69 Å². The predicted octanol–water partition coefficient (Wildman–Crippen LogP) is 3.54. The number of anilines is 1. The van der Waals surface area contributed by atoms with Crippen molar-refractivity contribution in [3.8, 4) is 28.7 Å². The van der Waals surface area contributed by atoms with Crippen molar-refractivity contribution >= 4 is 5.69 Å². The van der Waals surface area contributed by atoms with Gasteiger partial charge in [-0.3, -0.25) is 0 Å². The van der Waals surface area contributed by atoms with Crippen LogP contribution in [0.2, 0.25) is 0 Å². The normalized spacial score (nSPS) is 16.1. The van der Waals surface area contributed by atoms with E-state index in [4.69, 9.17) is 18.9 Å². The molecule has 1 aliphatic heterocycles. The smallest absolute Gasteiger partial charge is 0.203 e. The van der Waals surface area contributed by atoms with Crippen LogP contribution >= 0.6 is 0 Å². The van der Waals surface area contributed by atoms with Gasteiger partial charge in [-0.15, -0.1) is 0 Å². The number of phenols is 1. The SMILES string of the molecule is C=C1CN(c2cc(OC)c(OC)c(OC)c2)C1c1ccc(OC)c(O)c1. The third kappa shape index (κ3) is 2.87. The molecule has 0 spiro atoms.